The number of aromatic nitrogens is 2. The summed E-state index contributed by atoms with van der Waals surface area (Å²) in [5.41, 5.74) is 4.29. The van der Waals surface area contributed by atoms with E-state index in [1.165, 1.54) is 29.8 Å². The Hall–Kier alpha value is -0.960. The number of aryl methyl sites for hydroxylation is 1. The molecular weight excluding hydrogens is 210 g/mol. The highest BCUT2D eigenvalue weighted by molar-refractivity contribution is 5.26. The van der Waals surface area contributed by atoms with Crippen LogP contribution in [0.15, 0.2) is 6.33 Å². The standard InChI is InChI=1S/C14H23N3/c1-14(2,3)7-4-5-12-11-9-15-8-6-13(11)17-10-16-12/h10,15H,4-9H2,1-3H3. The minimum atomic E-state index is 0.422. The van der Waals surface area contributed by atoms with Crippen molar-refractivity contribution in [2.75, 3.05) is 6.54 Å². The predicted molar refractivity (Wildman–Crippen MR) is 69.8 cm³/mol. The third-order valence-corrected chi connectivity index (χ3v) is 3.30. The maximum atomic E-state index is 4.46. The van der Waals surface area contributed by atoms with E-state index in [2.05, 4.69) is 36.1 Å². The molecule has 0 saturated heterocycles. The summed E-state index contributed by atoms with van der Waals surface area (Å²) in [5.74, 6) is 0. The number of fused-ring (bicyclic) bond motifs is 1. The van der Waals surface area contributed by atoms with Crippen molar-refractivity contribution in [1.82, 2.24) is 15.3 Å². The second-order valence-electron chi connectivity index (χ2n) is 6.09. The van der Waals surface area contributed by atoms with Gasteiger partial charge in [-0.15, -0.1) is 0 Å². The number of rotatable bonds is 3. The third kappa shape index (κ3) is 3.50. The zero-order chi connectivity index (χ0) is 12.3. The summed E-state index contributed by atoms with van der Waals surface area (Å²) >= 11 is 0. The first-order valence-electron chi connectivity index (χ1n) is 6.58. The van der Waals surface area contributed by atoms with Gasteiger partial charge in [0.2, 0.25) is 0 Å². The summed E-state index contributed by atoms with van der Waals surface area (Å²) in [5, 5.41) is 3.41. The fourth-order valence-electron chi connectivity index (χ4n) is 2.33. The van der Waals surface area contributed by atoms with E-state index >= 15 is 0 Å². The lowest BCUT2D eigenvalue weighted by atomic mass is 9.89. The molecular formula is C14H23N3. The minimum Gasteiger partial charge on any atom is -0.312 e. The lowest BCUT2D eigenvalue weighted by Gasteiger charge is -2.20. The molecule has 0 aromatic carbocycles. The number of hydrogen-bond acceptors (Lipinski definition) is 3. The molecule has 3 nitrogen and oxygen atoms in total. The van der Waals surface area contributed by atoms with Crippen molar-refractivity contribution in [3.8, 4) is 0 Å². The van der Waals surface area contributed by atoms with Crippen LogP contribution in [0.4, 0.5) is 0 Å². The van der Waals surface area contributed by atoms with Crippen molar-refractivity contribution in [1.29, 1.82) is 0 Å². The molecule has 0 radical (unpaired) electrons. The molecule has 1 N–H and O–H groups in total. The first-order chi connectivity index (χ1) is 8.06. The lowest BCUT2D eigenvalue weighted by Crippen LogP contribution is -2.26. The van der Waals surface area contributed by atoms with E-state index in [0.717, 1.165) is 25.9 Å². The summed E-state index contributed by atoms with van der Waals surface area (Å²) in [7, 11) is 0. The summed E-state index contributed by atoms with van der Waals surface area (Å²) in [6.45, 7) is 8.88. The van der Waals surface area contributed by atoms with Crippen LogP contribution in [-0.2, 0) is 19.4 Å². The Bertz CT molecular complexity index is 380. The molecule has 1 aromatic heterocycles. The first-order valence-corrected chi connectivity index (χ1v) is 6.58. The molecule has 0 fully saturated rings. The SMILES string of the molecule is CC(C)(C)CCCc1ncnc2c1CNCC2. The topological polar surface area (TPSA) is 37.8 Å². The maximum Gasteiger partial charge on any atom is 0.115 e. The fraction of sp³-hybridized carbons (Fsp3) is 0.714. The molecule has 2 heterocycles. The Morgan fingerprint density at radius 3 is 2.88 bits per heavy atom. The van der Waals surface area contributed by atoms with Gasteiger partial charge in [-0.05, 0) is 24.7 Å². The Balaban J connectivity index is 2.01. The second-order valence-corrected chi connectivity index (χ2v) is 6.09. The molecule has 94 valence electrons. The zero-order valence-corrected chi connectivity index (χ0v) is 11.2. The van der Waals surface area contributed by atoms with Gasteiger partial charge in [0.25, 0.3) is 0 Å². The summed E-state index contributed by atoms with van der Waals surface area (Å²) in [4.78, 5) is 8.85. The van der Waals surface area contributed by atoms with Crippen molar-refractivity contribution in [3.63, 3.8) is 0 Å². The fourth-order valence-corrected chi connectivity index (χ4v) is 2.33. The van der Waals surface area contributed by atoms with Gasteiger partial charge >= 0.3 is 0 Å². The van der Waals surface area contributed by atoms with E-state index in [1.54, 1.807) is 6.33 Å². The molecule has 0 unspecified atom stereocenters. The highest BCUT2D eigenvalue weighted by atomic mass is 14.9. The Labute approximate surface area is 104 Å². The van der Waals surface area contributed by atoms with E-state index in [-0.39, 0.29) is 0 Å². The van der Waals surface area contributed by atoms with Crippen molar-refractivity contribution >= 4 is 0 Å². The van der Waals surface area contributed by atoms with E-state index < -0.39 is 0 Å². The first kappa shape index (κ1) is 12.5. The van der Waals surface area contributed by atoms with Gasteiger partial charge in [0, 0.05) is 36.5 Å². The Morgan fingerprint density at radius 1 is 1.29 bits per heavy atom. The molecule has 0 amide bonds. The molecule has 2 rings (SSSR count). The van der Waals surface area contributed by atoms with Crippen LogP contribution < -0.4 is 5.32 Å². The molecule has 0 bridgehead atoms. The van der Waals surface area contributed by atoms with E-state index in [0.29, 0.717) is 5.41 Å². The monoisotopic (exact) mass is 233 g/mol. The van der Waals surface area contributed by atoms with Crippen LogP contribution in [0.5, 0.6) is 0 Å². The van der Waals surface area contributed by atoms with Gasteiger partial charge in [-0.1, -0.05) is 20.8 Å². The van der Waals surface area contributed by atoms with Gasteiger partial charge in [0.1, 0.15) is 6.33 Å². The van der Waals surface area contributed by atoms with Gasteiger partial charge in [0.05, 0.1) is 0 Å². The molecule has 0 atom stereocenters. The number of hydrogen-bond donors (Lipinski definition) is 1. The molecule has 0 spiro atoms. The average molecular weight is 233 g/mol. The second kappa shape index (κ2) is 5.13. The van der Waals surface area contributed by atoms with Gasteiger partial charge in [-0.3, -0.25) is 0 Å². The quantitative estimate of drug-likeness (QED) is 0.871. The van der Waals surface area contributed by atoms with Gasteiger partial charge in [0.15, 0.2) is 0 Å². The van der Waals surface area contributed by atoms with Gasteiger partial charge in [-0.25, -0.2) is 9.97 Å². The average Bonchev–Trinajstić information content (AvgIpc) is 2.28. The smallest absolute Gasteiger partial charge is 0.115 e. The molecule has 1 aliphatic heterocycles. The van der Waals surface area contributed by atoms with Gasteiger partial charge in [-0.2, -0.15) is 0 Å². The molecule has 1 aliphatic rings. The van der Waals surface area contributed by atoms with Crippen molar-refractivity contribution in [2.45, 2.75) is 53.0 Å². The van der Waals surface area contributed by atoms with Crippen molar-refractivity contribution in [3.05, 3.63) is 23.3 Å². The van der Waals surface area contributed by atoms with E-state index in [4.69, 9.17) is 0 Å². The van der Waals surface area contributed by atoms with Crippen LogP contribution in [0.3, 0.4) is 0 Å². The normalized spacial score (nSPS) is 15.7. The van der Waals surface area contributed by atoms with Crippen LogP contribution >= 0.6 is 0 Å². The Kier molecular flexibility index (Phi) is 3.77. The molecule has 0 saturated carbocycles. The van der Waals surface area contributed by atoms with E-state index in [1.807, 2.05) is 0 Å². The summed E-state index contributed by atoms with van der Waals surface area (Å²) in [6, 6.07) is 0. The zero-order valence-electron chi connectivity index (χ0n) is 11.2. The molecule has 17 heavy (non-hydrogen) atoms. The lowest BCUT2D eigenvalue weighted by molar-refractivity contribution is 0.364. The predicted octanol–water partition coefficient (Wildman–Crippen LogP) is 2.49. The van der Waals surface area contributed by atoms with E-state index in [9.17, 15) is 0 Å². The molecule has 1 aromatic rings. The van der Waals surface area contributed by atoms with Crippen LogP contribution in [0.25, 0.3) is 0 Å². The van der Waals surface area contributed by atoms with Crippen LogP contribution in [0.1, 0.15) is 50.6 Å². The number of nitrogens with zero attached hydrogens (tertiary/aromatic N) is 2. The van der Waals surface area contributed by atoms with Crippen molar-refractivity contribution < 1.29 is 0 Å². The van der Waals surface area contributed by atoms with Crippen LogP contribution in [-0.4, -0.2) is 16.5 Å². The molecule has 0 aliphatic carbocycles. The third-order valence-electron chi connectivity index (χ3n) is 3.30. The van der Waals surface area contributed by atoms with Crippen LogP contribution in [0.2, 0.25) is 0 Å². The highest BCUT2D eigenvalue weighted by Crippen LogP contribution is 2.23. The largest absolute Gasteiger partial charge is 0.312 e. The minimum absolute atomic E-state index is 0.422. The summed E-state index contributed by atoms with van der Waals surface area (Å²) in [6.07, 6.45) is 6.33. The Morgan fingerprint density at radius 2 is 2.12 bits per heavy atom. The number of nitrogens with one attached hydrogen (secondary N) is 1. The highest BCUT2D eigenvalue weighted by Gasteiger charge is 2.16. The maximum absolute atomic E-state index is 4.46. The van der Waals surface area contributed by atoms with Gasteiger partial charge < -0.3 is 5.32 Å². The van der Waals surface area contributed by atoms with Crippen LogP contribution in [0, 0.1) is 5.41 Å². The van der Waals surface area contributed by atoms with Crippen molar-refractivity contribution in [2.24, 2.45) is 5.41 Å². The summed E-state index contributed by atoms with van der Waals surface area (Å²) < 4.78 is 0. The molecule has 3 heteroatoms.